The Hall–Kier alpha value is -1.51. The third-order valence-electron chi connectivity index (χ3n) is 2.61. The molecule has 0 aliphatic heterocycles. The molecule has 0 aliphatic carbocycles. The largest absolute Gasteiger partial charge is 0.480 e. The van der Waals surface area contributed by atoms with Crippen LogP contribution in [0.1, 0.15) is 20.3 Å². The second-order valence-electron chi connectivity index (χ2n) is 4.43. The predicted octanol–water partition coefficient (Wildman–Crippen LogP) is 2.62. The SMILES string of the molecule is CC(C)CC(C(=O)O)N(C)c1ccccc1. The topological polar surface area (TPSA) is 40.5 Å². The van der Waals surface area contributed by atoms with Gasteiger partial charge in [-0.2, -0.15) is 0 Å². The Kier molecular flexibility index (Phi) is 4.35. The molecule has 1 aromatic carbocycles. The van der Waals surface area contributed by atoms with Gasteiger partial charge in [0, 0.05) is 12.7 Å². The van der Waals surface area contributed by atoms with E-state index in [9.17, 15) is 9.90 Å². The molecule has 0 amide bonds. The van der Waals surface area contributed by atoms with Crippen molar-refractivity contribution in [3.05, 3.63) is 30.3 Å². The first-order valence-electron chi connectivity index (χ1n) is 5.53. The molecule has 1 aromatic rings. The van der Waals surface area contributed by atoms with Gasteiger partial charge in [-0.05, 0) is 24.5 Å². The van der Waals surface area contributed by atoms with Gasteiger partial charge in [-0.15, -0.1) is 0 Å². The fourth-order valence-corrected chi connectivity index (χ4v) is 1.71. The van der Waals surface area contributed by atoms with Crippen LogP contribution in [0.15, 0.2) is 30.3 Å². The minimum absolute atomic E-state index is 0.368. The van der Waals surface area contributed by atoms with Gasteiger partial charge in [0.1, 0.15) is 6.04 Å². The number of carboxylic acids is 1. The van der Waals surface area contributed by atoms with Gasteiger partial charge >= 0.3 is 5.97 Å². The molecule has 1 atom stereocenters. The smallest absolute Gasteiger partial charge is 0.326 e. The highest BCUT2D eigenvalue weighted by Gasteiger charge is 2.23. The predicted molar refractivity (Wildman–Crippen MR) is 65.7 cm³/mol. The Morgan fingerprint density at radius 1 is 1.31 bits per heavy atom. The van der Waals surface area contributed by atoms with Crippen LogP contribution in [0.5, 0.6) is 0 Å². The summed E-state index contributed by atoms with van der Waals surface area (Å²) < 4.78 is 0. The average Bonchev–Trinajstić information content (AvgIpc) is 2.25. The van der Waals surface area contributed by atoms with Crippen LogP contribution in [0.25, 0.3) is 0 Å². The fraction of sp³-hybridized carbons (Fsp3) is 0.462. The average molecular weight is 221 g/mol. The quantitative estimate of drug-likeness (QED) is 0.831. The van der Waals surface area contributed by atoms with Crippen LogP contribution < -0.4 is 4.90 Å². The number of para-hydroxylation sites is 1. The minimum atomic E-state index is -0.764. The summed E-state index contributed by atoms with van der Waals surface area (Å²) in [6, 6.07) is 9.16. The minimum Gasteiger partial charge on any atom is -0.480 e. The van der Waals surface area contributed by atoms with Crippen molar-refractivity contribution in [3.8, 4) is 0 Å². The van der Waals surface area contributed by atoms with Gasteiger partial charge < -0.3 is 10.0 Å². The second-order valence-corrected chi connectivity index (χ2v) is 4.43. The highest BCUT2D eigenvalue weighted by Crippen LogP contribution is 2.18. The zero-order valence-electron chi connectivity index (χ0n) is 10.1. The van der Waals surface area contributed by atoms with Crippen LogP contribution in [0.3, 0.4) is 0 Å². The van der Waals surface area contributed by atoms with Gasteiger partial charge in [-0.3, -0.25) is 0 Å². The highest BCUT2D eigenvalue weighted by molar-refractivity contribution is 5.78. The molecule has 1 N–H and O–H groups in total. The molecule has 1 rings (SSSR count). The maximum absolute atomic E-state index is 11.2. The number of likely N-dealkylation sites (N-methyl/N-ethyl adjacent to an activating group) is 1. The monoisotopic (exact) mass is 221 g/mol. The molecular weight excluding hydrogens is 202 g/mol. The Morgan fingerprint density at radius 3 is 2.31 bits per heavy atom. The van der Waals surface area contributed by atoms with E-state index < -0.39 is 12.0 Å². The molecule has 3 heteroatoms. The molecule has 0 bridgehead atoms. The zero-order valence-corrected chi connectivity index (χ0v) is 10.1. The molecule has 1 unspecified atom stereocenters. The number of hydrogen-bond donors (Lipinski definition) is 1. The standard InChI is InChI=1S/C13H19NO2/c1-10(2)9-12(13(15)16)14(3)11-7-5-4-6-8-11/h4-8,10,12H,9H2,1-3H3,(H,15,16). The summed E-state index contributed by atoms with van der Waals surface area (Å²) >= 11 is 0. The number of benzene rings is 1. The van der Waals surface area contributed by atoms with Gasteiger partial charge in [-0.25, -0.2) is 4.79 Å². The summed E-state index contributed by atoms with van der Waals surface area (Å²) in [6.45, 7) is 4.07. The molecular formula is C13H19NO2. The maximum Gasteiger partial charge on any atom is 0.326 e. The van der Waals surface area contributed by atoms with Crippen molar-refractivity contribution in [2.45, 2.75) is 26.3 Å². The molecule has 0 saturated heterocycles. The van der Waals surface area contributed by atoms with E-state index in [2.05, 4.69) is 0 Å². The van der Waals surface area contributed by atoms with E-state index in [0.29, 0.717) is 12.3 Å². The molecule has 0 aromatic heterocycles. The number of carboxylic acid groups (broad SMARTS) is 1. The van der Waals surface area contributed by atoms with E-state index in [1.807, 2.05) is 56.1 Å². The molecule has 0 spiro atoms. The van der Waals surface area contributed by atoms with Crippen LogP contribution >= 0.6 is 0 Å². The number of rotatable bonds is 5. The van der Waals surface area contributed by atoms with Crippen LogP contribution in [0.2, 0.25) is 0 Å². The first-order valence-corrected chi connectivity index (χ1v) is 5.53. The van der Waals surface area contributed by atoms with Crippen molar-refractivity contribution in [2.75, 3.05) is 11.9 Å². The Morgan fingerprint density at radius 2 is 1.88 bits per heavy atom. The number of anilines is 1. The molecule has 0 heterocycles. The molecule has 0 aliphatic rings. The first kappa shape index (κ1) is 12.6. The summed E-state index contributed by atoms with van der Waals surface area (Å²) in [6.07, 6.45) is 0.653. The third-order valence-corrected chi connectivity index (χ3v) is 2.61. The second kappa shape index (κ2) is 5.54. The van der Waals surface area contributed by atoms with Gasteiger partial charge in [0.05, 0.1) is 0 Å². The van der Waals surface area contributed by atoms with Crippen molar-refractivity contribution in [1.82, 2.24) is 0 Å². The van der Waals surface area contributed by atoms with Crippen molar-refractivity contribution in [2.24, 2.45) is 5.92 Å². The number of aliphatic carboxylic acids is 1. The van der Waals surface area contributed by atoms with Gasteiger partial charge in [-0.1, -0.05) is 32.0 Å². The van der Waals surface area contributed by atoms with Gasteiger partial charge in [0.25, 0.3) is 0 Å². The van der Waals surface area contributed by atoms with Gasteiger partial charge in [0.15, 0.2) is 0 Å². The molecule has 88 valence electrons. The summed E-state index contributed by atoms with van der Waals surface area (Å²) in [4.78, 5) is 13.0. The van der Waals surface area contributed by atoms with E-state index in [0.717, 1.165) is 5.69 Å². The van der Waals surface area contributed by atoms with E-state index in [4.69, 9.17) is 0 Å². The lowest BCUT2D eigenvalue weighted by atomic mass is 10.0. The van der Waals surface area contributed by atoms with E-state index in [-0.39, 0.29) is 0 Å². The van der Waals surface area contributed by atoms with Crippen molar-refractivity contribution >= 4 is 11.7 Å². The van der Waals surface area contributed by atoms with Crippen molar-refractivity contribution in [1.29, 1.82) is 0 Å². The first-order chi connectivity index (χ1) is 7.52. The van der Waals surface area contributed by atoms with Crippen LogP contribution in [-0.2, 0) is 4.79 Å². The van der Waals surface area contributed by atoms with E-state index in [1.54, 1.807) is 0 Å². The number of hydrogen-bond acceptors (Lipinski definition) is 2. The highest BCUT2D eigenvalue weighted by atomic mass is 16.4. The number of nitrogens with zero attached hydrogens (tertiary/aromatic N) is 1. The van der Waals surface area contributed by atoms with Crippen LogP contribution in [0.4, 0.5) is 5.69 Å². The Bertz CT molecular complexity index is 335. The maximum atomic E-state index is 11.2. The van der Waals surface area contributed by atoms with E-state index in [1.165, 1.54) is 0 Å². The van der Waals surface area contributed by atoms with Crippen LogP contribution in [0, 0.1) is 5.92 Å². The normalized spacial score (nSPS) is 12.5. The zero-order chi connectivity index (χ0) is 12.1. The fourth-order valence-electron chi connectivity index (χ4n) is 1.71. The summed E-state index contributed by atoms with van der Waals surface area (Å²) in [5.41, 5.74) is 0.940. The molecule has 0 fully saturated rings. The summed E-state index contributed by atoms with van der Waals surface area (Å²) in [7, 11) is 1.83. The van der Waals surface area contributed by atoms with Crippen molar-refractivity contribution < 1.29 is 9.90 Å². The van der Waals surface area contributed by atoms with E-state index >= 15 is 0 Å². The Labute approximate surface area is 96.7 Å². The lowest BCUT2D eigenvalue weighted by Gasteiger charge is -2.28. The lowest BCUT2D eigenvalue weighted by molar-refractivity contribution is -0.138. The summed E-state index contributed by atoms with van der Waals surface area (Å²) in [5.74, 6) is -0.396. The van der Waals surface area contributed by atoms with Gasteiger partial charge in [0.2, 0.25) is 0 Å². The number of carbonyl (C=O) groups is 1. The molecule has 0 radical (unpaired) electrons. The van der Waals surface area contributed by atoms with Crippen molar-refractivity contribution in [3.63, 3.8) is 0 Å². The lowest BCUT2D eigenvalue weighted by Crippen LogP contribution is -2.39. The Balaban J connectivity index is 2.83. The van der Waals surface area contributed by atoms with Crippen LogP contribution in [-0.4, -0.2) is 24.2 Å². The summed E-state index contributed by atoms with van der Waals surface area (Å²) in [5, 5.41) is 9.21. The third kappa shape index (κ3) is 3.26. The molecule has 0 saturated carbocycles. The molecule has 16 heavy (non-hydrogen) atoms. The molecule has 3 nitrogen and oxygen atoms in total.